The maximum absolute atomic E-state index is 13.3. The van der Waals surface area contributed by atoms with E-state index in [2.05, 4.69) is 14.8 Å². The van der Waals surface area contributed by atoms with Crippen LogP contribution in [0.15, 0.2) is 54.6 Å². The molecule has 0 radical (unpaired) electrons. The number of piperazine rings is 1. The third-order valence-corrected chi connectivity index (χ3v) is 6.50. The molecule has 8 heteroatoms. The molecular formula is C26H29ClN4O3. The number of hydrogen-bond acceptors (Lipinski definition) is 4. The molecule has 0 atom stereocenters. The molecule has 178 valence electrons. The molecule has 0 aliphatic carbocycles. The fourth-order valence-electron chi connectivity index (χ4n) is 4.34. The smallest absolute Gasteiger partial charge is 0.255 e. The lowest BCUT2D eigenvalue weighted by molar-refractivity contribution is -0.117. The van der Waals surface area contributed by atoms with Crippen molar-refractivity contribution in [1.29, 1.82) is 0 Å². The number of aryl methyl sites for hydroxylation is 1. The molecule has 1 fully saturated rings. The van der Waals surface area contributed by atoms with Crippen LogP contribution in [-0.2, 0) is 4.79 Å². The van der Waals surface area contributed by atoms with Crippen LogP contribution in [0.1, 0.15) is 21.7 Å². The first kappa shape index (κ1) is 23.9. The number of aromatic nitrogens is 1. The van der Waals surface area contributed by atoms with Crippen LogP contribution in [0, 0.1) is 13.8 Å². The summed E-state index contributed by atoms with van der Waals surface area (Å²) in [5.74, 6) is 0.699. The van der Waals surface area contributed by atoms with Gasteiger partial charge in [0, 0.05) is 43.3 Å². The van der Waals surface area contributed by atoms with Crippen LogP contribution in [0.3, 0.4) is 0 Å². The Labute approximate surface area is 204 Å². The van der Waals surface area contributed by atoms with Crippen LogP contribution in [0.25, 0.3) is 5.69 Å². The normalized spacial score (nSPS) is 14.2. The summed E-state index contributed by atoms with van der Waals surface area (Å²) in [6.07, 6.45) is 0. The first-order valence-electron chi connectivity index (χ1n) is 11.3. The summed E-state index contributed by atoms with van der Waals surface area (Å²) in [4.78, 5) is 29.6. The van der Waals surface area contributed by atoms with Gasteiger partial charge in [-0.25, -0.2) is 0 Å². The molecule has 1 aliphatic rings. The highest BCUT2D eigenvalue weighted by atomic mass is 35.5. The maximum Gasteiger partial charge on any atom is 0.255 e. The number of nitrogens with zero attached hydrogens (tertiary/aromatic N) is 3. The molecular weight excluding hydrogens is 452 g/mol. The van der Waals surface area contributed by atoms with Crippen LogP contribution in [0.4, 0.5) is 5.69 Å². The summed E-state index contributed by atoms with van der Waals surface area (Å²) >= 11 is 6.12. The highest BCUT2D eigenvalue weighted by Crippen LogP contribution is 2.24. The lowest BCUT2D eigenvalue weighted by Crippen LogP contribution is -2.50. The zero-order chi connectivity index (χ0) is 24.2. The fraction of sp³-hybridized carbons (Fsp3) is 0.308. The van der Waals surface area contributed by atoms with Crippen molar-refractivity contribution in [1.82, 2.24) is 14.4 Å². The largest absolute Gasteiger partial charge is 0.497 e. The predicted octanol–water partition coefficient (Wildman–Crippen LogP) is 4.15. The number of carbonyl (C=O) groups is 2. The second kappa shape index (κ2) is 10.3. The first-order valence-corrected chi connectivity index (χ1v) is 11.6. The van der Waals surface area contributed by atoms with Gasteiger partial charge in [0.1, 0.15) is 5.75 Å². The van der Waals surface area contributed by atoms with Gasteiger partial charge in [-0.15, -0.1) is 0 Å². The van der Waals surface area contributed by atoms with Crippen LogP contribution in [0.2, 0.25) is 5.02 Å². The summed E-state index contributed by atoms with van der Waals surface area (Å²) in [5, 5.41) is 3.37. The van der Waals surface area contributed by atoms with Crippen molar-refractivity contribution in [2.45, 2.75) is 13.8 Å². The number of rotatable bonds is 6. The molecule has 34 heavy (non-hydrogen) atoms. The standard InChI is InChI=1S/C26H29ClN4O3/c1-18-16-22(19(2)31(18)20-8-10-21(34-3)11-9-20)26(33)30-14-12-29(13-15-30)17-25(32)28-24-7-5-4-6-23(24)27/h4-11,16H,12-15,17H2,1-3H3,(H,28,32). The Morgan fingerprint density at radius 3 is 2.32 bits per heavy atom. The van der Waals surface area contributed by atoms with E-state index >= 15 is 0 Å². The van der Waals surface area contributed by atoms with Crippen molar-refractivity contribution < 1.29 is 14.3 Å². The Hall–Kier alpha value is -3.29. The molecule has 7 nitrogen and oxygen atoms in total. The number of amides is 2. The molecule has 0 saturated carbocycles. The van der Waals surface area contributed by atoms with Gasteiger partial charge >= 0.3 is 0 Å². The summed E-state index contributed by atoms with van der Waals surface area (Å²) in [6.45, 7) is 6.66. The molecule has 1 saturated heterocycles. The number of methoxy groups -OCH3 is 1. The highest BCUT2D eigenvalue weighted by Gasteiger charge is 2.26. The number of halogens is 1. The zero-order valence-corrected chi connectivity index (χ0v) is 20.4. The van der Waals surface area contributed by atoms with Crippen molar-refractivity contribution in [3.63, 3.8) is 0 Å². The summed E-state index contributed by atoms with van der Waals surface area (Å²) in [7, 11) is 1.64. The minimum absolute atomic E-state index is 0.0213. The van der Waals surface area contributed by atoms with Gasteiger partial charge < -0.3 is 19.5 Å². The topological polar surface area (TPSA) is 66.8 Å². The van der Waals surface area contributed by atoms with E-state index in [4.69, 9.17) is 16.3 Å². The highest BCUT2D eigenvalue weighted by molar-refractivity contribution is 6.33. The molecule has 2 heterocycles. The summed E-state index contributed by atoms with van der Waals surface area (Å²) in [6, 6.07) is 16.9. The second-order valence-electron chi connectivity index (χ2n) is 8.41. The number of para-hydroxylation sites is 1. The molecule has 1 aromatic heterocycles. The van der Waals surface area contributed by atoms with Crippen LogP contribution >= 0.6 is 11.6 Å². The monoisotopic (exact) mass is 480 g/mol. The number of carbonyl (C=O) groups excluding carboxylic acids is 2. The predicted molar refractivity (Wildman–Crippen MR) is 134 cm³/mol. The van der Waals surface area contributed by atoms with Crippen molar-refractivity contribution in [3.8, 4) is 11.4 Å². The minimum atomic E-state index is -0.115. The quantitative estimate of drug-likeness (QED) is 0.575. The fourth-order valence-corrected chi connectivity index (χ4v) is 4.53. The Bertz CT molecular complexity index is 1180. The average molecular weight is 481 g/mol. The molecule has 0 unspecified atom stereocenters. The van der Waals surface area contributed by atoms with Gasteiger partial charge in [0.2, 0.25) is 5.91 Å². The van der Waals surface area contributed by atoms with Gasteiger partial charge in [-0.05, 0) is 56.3 Å². The third kappa shape index (κ3) is 5.11. The van der Waals surface area contributed by atoms with Gasteiger partial charge in [0.05, 0.1) is 29.9 Å². The first-order chi connectivity index (χ1) is 16.4. The van der Waals surface area contributed by atoms with Crippen LogP contribution in [-0.4, -0.2) is 66.0 Å². The van der Waals surface area contributed by atoms with Gasteiger partial charge in [-0.2, -0.15) is 0 Å². The lowest BCUT2D eigenvalue weighted by Gasteiger charge is -2.34. The van der Waals surface area contributed by atoms with Crippen molar-refractivity contribution >= 4 is 29.1 Å². The van der Waals surface area contributed by atoms with E-state index in [1.807, 2.05) is 61.2 Å². The van der Waals surface area contributed by atoms with Gasteiger partial charge in [-0.1, -0.05) is 23.7 Å². The third-order valence-electron chi connectivity index (χ3n) is 6.17. The molecule has 0 spiro atoms. The van der Waals surface area contributed by atoms with Gasteiger partial charge in [-0.3, -0.25) is 14.5 Å². The van der Waals surface area contributed by atoms with E-state index in [0.717, 1.165) is 22.8 Å². The summed E-state index contributed by atoms with van der Waals surface area (Å²) in [5.41, 5.74) is 4.22. The van der Waals surface area contributed by atoms with Gasteiger partial charge in [0.25, 0.3) is 5.91 Å². The number of hydrogen-bond donors (Lipinski definition) is 1. The van der Waals surface area contributed by atoms with Crippen LogP contribution in [0.5, 0.6) is 5.75 Å². The van der Waals surface area contributed by atoms with Crippen molar-refractivity contribution in [3.05, 3.63) is 76.6 Å². The Kier molecular flexibility index (Phi) is 7.24. The molecule has 3 aromatic rings. The molecule has 1 N–H and O–H groups in total. The van der Waals surface area contributed by atoms with Crippen molar-refractivity contribution in [2.75, 3.05) is 45.2 Å². The van der Waals surface area contributed by atoms with E-state index in [-0.39, 0.29) is 18.4 Å². The molecule has 2 aromatic carbocycles. The number of nitrogens with one attached hydrogen (secondary N) is 1. The van der Waals surface area contributed by atoms with E-state index < -0.39 is 0 Å². The van der Waals surface area contributed by atoms with Gasteiger partial charge in [0.15, 0.2) is 0 Å². The number of anilines is 1. The van der Waals surface area contributed by atoms with E-state index in [9.17, 15) is 9.59 Å². The maximum atomic E-state index is 13.3. The Balaban J connectivity index is 1.37. The zero-order valence-electron chi connectivity index (χ0n) is 19.7. The van der Waals surface area contributed by atoms with E-state index in [1.54, 1.807) is 19.2 Å². The number of ether oxygens (including phenoxy) is 1. The Morgan fingerprint density at radius 1 is 1.00 bits per heavy atom. The molecule has 0 bridgehead atoms. The molecule has 4 rings (SSSR count). The second-order valence-corrected chi connectivity index (χ2v) is 8.82. The van der Waals surface area contributed by atoms with Crippen LogP contribution < -0.4 is 10.1 Å². The summed E-state index contributed by atoms with van der Waals surface area (Å²) < 4.78 is 7.34. The van der Waals surface area contributed by atoms with E-state index in [1.165, 1.54) is 0 Å². The van der Waals surface area contributed by atoms with Crippen molar-refractivity contribution in [2.24, 2.45) is 0 Å². The Morgan fingerprint density at radius 2 is 1.68 bits per heavy atom. The molecule has 2 amide bonds. The minimum Gasteiger partial charge on any atom is -0.497 e. The lowest BCUT2D eigenvalue weighted by atomic mass is 10.2. The average Bonchev–Trinajstić information content (AvgIpc) is 3.14. The van der Waals surface area contributed by atoms with E-state index in [0.29, 0.717) is 42.5 Å². The molecule has 1 aliphatic heterocycles. The number of benzene rings is 2. The SMILES string of the molecule is COc1ccc(-n2c(C)cc(C(=O)N3CCN(CC(=O)Nc4ccccc4Cl)CC3)c2C)cc1.